The van der Waals surface area contributed by atoms with Gasteiger partial charge in [-0.2, -0.15) is 0 Å². The molecular weight excluding hydrogens is 408 g/mol. The molecule has 0 saturated carbocycles. The normalized spacial score (nSPS) is 19.4. The number of piperidine rings is 1. The number of carbonyl (C=O) groups is 2. The first-order chi connectivity index (χ1) is 12.6. The lowest BCUT2D eigenvalue weighted by Gasteiger charge is -2.45. The largest absolute Gasteiger partial charge is 0.444 e. The molecule has 3 rings (SSSR count). The van der Waals surface area contributed by atoms with Crippen molar-refractivity contribution in [3.05, 3.63) is 33.8 Å². The second-order valence-electron chi connectivity index (χ2n) is 8.74. The molecule has 0 bridgehead atoms. The molecule has 2 saturated heterocycles. The Morgan fingerprint density at radius 1 is 1.11 bits per heavy atom. The molecule has 0 radical (unpaired) electrons. The number of halogens is 1. The molecule has 27 heavy (non-hydrogen) atoms. The van der Waals surface area contributed by atoms with Crippen molar-refractivity contribution >= 4 is 27.9 Å². The molecule has 0 aliphatic carbocycles. The van der Waals surface area contributed by atoms with Gasteiger partial charge in [0.2, 0.25) is 0 Å². The molecule has 148 valence electrons. The van der Waals surface area contributed by atoms with Gasteiger partial charge < -0.3 is 14.5 Å². The SMILES string of the molecule is Cc1ccc(C(=O)N2CCCC23CCN(C(=O)OC(C)(C)C)CC3)c(Br)c1. The third-order valence-electron chi connectivity index (χ3n) is 5.54. The van der Waals surface area contributed by atoms with Crippen molar-refractivity contribution in [1.29, 1.82) is 0 Å². The van der Waals surface area contributed by atoms with Crippen LogP contribution in [0.15, 0.2) is 22.7 Å². The van der Waals surface area contributed by atoms with E-state index in [1.54, 1.807) is 4.90 Å². The number of likely N-dealkylation sites (tertiary alicyclic amines) is 2. The zero-order valence-electron chi connectivity index (χ0n) is 16.7. The Hall–Kier alpha value is -1.56. The first-order valence-electron chi connectivity index (χ1n) is 9.67. The lowest BCUT2D eigenvalue weighted by Crippen LogP contribution is -2.55. The molecule has 2 amide bonds. The topological polar surface area (TPSA) is 49.9 Å². The van der Waals surface area contributed by atoms with E-state index in [-0.39, 0.29) is 17.5 Å². The van der Waals surface area contributed by atoms with Crippen molar-refractivity contribution in [2.75, 3.05) is 19.6 Å². The van der Waals surface area contributed by atoms with Gasteiger partial charge in [-0.1, -0.05) is 6.07 Å². The van der Waals surface area contributed by atoms with Gasteiger partial charge in [-0.25, -0.2) is 4.79 Å². The summed E-state index contributed by atoms with van der Waals surface area (Å²) >= 11 is 3.55. The first-order valence-corrected chi connectivity index (χ1v) is 10.5. The average Bonchev–Trinajstić information content (AvgIpc) is 2.96. The second-order valence-corrected chi connectivity index (χ2v) is 9.59. The minimum Gasteiger partial charge on any atom is -0.444 e. The van der Waals surface area contributed by atoms with Crippen molar-refractivity contribution in [1.82, 2.24) is 9.80 Å². The van der Waals surface area contributed by atoms with E-state index in [1.807, 2.05) is 45.9 Å². The summed E-state index contributed by atoms with van der Waals surface area (Å²) in [6, 6.07) is 5.87. The van der Waals surface area contributed by atoms with Crippen molar-refractivity contribution in [2.45, 2.75) is 64.5 Å². The summed E-state index contributed by atoms with van der Waals surface area (Å²) in [5.41, 5.74) is 1.22. The fourth-order valence-corrected chi connectivity index (χ4v) is 4.81. The van der Waals surface area contributed by atoms with Gasteiger partial charge in [0, 0.05) is 29.6 Å². The Morgan fingerprint density at radius 3 is 2.37 bits per heavy atom. The summed E-state index contributed by atoms with van der Waals surface area (Å²) in [6.45, 7) is 9.71. The summed E-state index contributed by atoms with van der Waals surface area (Å²) in [6.07, 6.45) is 3.38. The summed E-state index contributed by atoms with van der Waals surface area (Å²) in [7, 11) is 0. The Bertz CT molecular complexity index is 733. The zero-order chi connectivity index (χ0) is 19.8. The molecule has 2 aliphatic rings. The number of benzene rings is 1. The van der Waals surface area contributed by atoms with E-state index in [0.29, 0.717) is 13.1 Å². The highest BCUT2D eigenvalue weighted by molar-refractivity contribution is 9.10. The van der Waals surface area contributed by atoms with Crippen LogP contribution in [0.3, 0.4) is 0 Å². The van der Waals surface area contributed by atoms with Gasteiger partial charge >= 0.3 is 6.09 Å². The Morgan fingerprint density at radius 2 is 1.78 bits per heavy atom. The third kappa shape index (κ3) is 4.31. The van der Waals surface area contributed by atoms with Crippen molar-refractivity contribution in [3.63, 3.8) is 0 Å². The number of hydrogen-bond acceptors (Lipinski definition) is 3. The number of aryl methyl sites for hydroxylation is 1. The molecule has 1 spiro atoms. The first kappa shape index (κ1) is 20.2. The van der Waals surface area contributed by atoms with E-state index < -0.39 is 5.60 Å². The summed E-state index contributed by atoms with van der Waals surface area (Å²) in [5.74, 6) is 0.0880. The quantitative estimate of drug-likeness (QED) is 0.637. The number of rotatable bonds is 1. The van der Waals surface area contributed by atoms with E-state index in [1.165, 1.54) is 0 Å². The molecule has 0 N–H and O–H groups in total. The van der Waals surface area contributed by atoms with Gasteiger partial charge in [-0.05, 0) is 87.0 Å². The van der Waals surface area contributed by atoms with Crippen LogP contribution < -0.4 is 0 Å². The van der Waals surface area contributed by atoms with Gasteiger partial charge in [0.05, 0.1) is 5.56 Å². The minimum absolute atomic E-state index is 0.0880. The zero-order valence-corrected chi connectivity index (χ0v) is 18.3. The van der Waals surface area contributed by atoms with Crippen LogP contribution in [0.2, 0.25) is 0 Å². The van der Waals surface area contributed by atoms with E-state index in [9.17, 15) is 9.59 Å². The molecule has 1 aromatic rings. The highest BCUT2D eigenvalue weighted by atomic mass is 79.9. The van der Waals surface area contributed by atoms with Crippen LogP contribution in [0, 0.1) is 6.92 Å². The average molecular weight is 437 g/mol. The van der Waals surface area contributed by atoms with Crippen molar-refractivity contribution in [2.24, 2.45) is 0 Å². The molecule has 6 heteroatoms. The predicted octanol–water partition coefficient (Wildman–Crippen LogP) is 4.76. The molecule has 0 unspecified atom stereocenters. The highest BCUT2D eigenvalue weighted by Gasteiger charge is 2.46. The minimum atomic E-state index is -0.487. The summed E-state index contributed by atoms with van der Waals surface area (Å²) < 4.78 is 6.35. The number of hydrogen-bond donors (Lipinski definition) is 0. The molecule has 2 fully saturated rings. The molecular formula is C21H29BrN2O3. The molecule has 5 nitrogen and oxygen atoms in total. The van der Waals surface area contributed by atoms with Crippen LogP contribution in [0.4, 0.5) is 4.79 Å². The van der Waals surface area contributed by atoms with E-state index in [4.69, 9.17) is 4.74 Å². The lowest BCUT2D eigenvalue weighted by molar-refractivity contribution is 0.00462. The Balaban J connectivity index is 1.71. The van der Waals surface area contributed by atoms with E-state index in [2.05, 4.69) is 20.8 Å². The number of ether oxygens (including phenoxy) is 1. The molecule has 2 heterocycles. The van der Waals surface area contributed by atoms with Gasteiger partial charge in [-0.15, -0.1) is 0 Å². The maximum absolute atomic E-state index is 13.2. The van der Waals surface area contributed by atoms with Crippen molar-refractivity contribution in [3.8, 4) is 0 Å². The van der Waals surface area contributed by atoms with Crippen LogP contribution in [-0.4, -0.2) is 52.6 Å². The van der Waals surface area contributed by atoms with E-state index >= 15 is 0 Å². The van der Waals surface area contributed by atoms with Crippen LogP contribution in [0.5, 0.6) is 0 Å². The number of amides is 2. The third-order valence-corrected chi connectivity index (χ3v) is 6.20. The summed E-state index contributed by atoms with van der Waals surface area (Å²) in [4.78, 5) is 29.4. The fourth-order valence-electron chi connectivity index (χ4n) is 4.15. The van der Waals surface area contributed by atoms with E-state index in [0.717, 1.165) is 47.8 Å². The van der Waals surface area contributed by atoms with Crippen LogP contribution in [0.1, 0.15) is 62.4 Å². The highest BCUT2D eigenvalue weighted by Crippen LogP contribution is 2.40. The maximum atomic E-state index is 13.2. The van der Waals surface area contributed by atoms with Crippen molar-refractivity contribution < 1.29 is 14.3 Å². The van der Waals surface area contributed by atoms with Gasteiger partial charge in [0.25, 0.3) is 5.91 Å². The molecule has 0 atom stereocenters. The predicted molar refractivity (Wildman–Crippen MR) is 109 cm³/mol. The molecule has 2 aliphatic heterocycles. The Labute approximate surface area is 170 Å². The van der Waals surface area contributed by atoms with Crippen LogP contribution in [0.25, 0.3) is 0 Å². The van der Waals surface area contributed by atoms with Gasteiger partial charge in [0.15, 0.2) is 0 Å². The van der Waals surface area contributed by atoms with Gasteiger partial charge in [0.1, 0.15) is 5.60 Å². The second kappa shape index (κ2) is 7.46. The fraction of sp³-hybridized carbons (Fsp3) is 0.619. The standard InChI is InChI=1S/C21H29BrN2O3/c1-15-6-7-16(17(22)14-15)18(25)24-11-5-8-21(24)9-12-23(13-10-21)19(26)27-20(2,3)4/h6-7,14H,5,8-13H2,1-4H3. The maximum Gasteiger partial charge on any atom is 0.410 e. The van der Waals surface area contributed by atoms with Crippen LogP contribution in [-0.2, 0) is 4.74 Å². The van der Waals surface area contributed by atoms with Gasteiger partial charge in [-0.3, -0.25) is 4.79 Å². The number of nitrogens with zero attached hydrogens (tertiary/aromatic N) is 2. The Kier molecular flexibility index (Phi) is 5.57. The smallest absolute Gasteiger partial charge is 0.410 e. The lowest BCUT2D eigenvalue weighted by atomic mass is 9.84. The molecule has 1 aromatic carbocycles. The summed E-state index contributed by atoms with van der Waals surface area (Å²) in [5, 5.41) is 0. The monoisotopic (exact) mass is 436 g/mol. The number of carbonyl (C=O) groups excluding carboxylic acids is 2. The molecule has 0 aromatic heterocycles. The van der Waals surface area contributed by atoms with Crippen LogP contribution >= 0.6 is 15.9 Å².